The van der Waals surface area contributed by atoms with E-state index in [0.29, 0.717) is 5.89 Å². The highest BCUT2D eigenvalue weighted by atomic mass is 16.5. The average Bonchev–Trinajstić information content (AvgIpc) is 3.06. The monoisotopic (exact) mass is 292 g/mol. The third-order valence-corrected chi connectivity index (χ3v) is 4.16. The largest absolute Gasteiger partial charge is 0.497 e. The minimum Gasteiger partial charge on any atom is -0.497 e. The number of hydrogen-bond acceptors (Lipinski definition) is 3. The van der Waals surface area contributed by atoms with E-state index in [4.69, 9.17) is 9.15 Å². The van der Waals surface area contributed by atoms with E-state index < -0.39 is 0 Å². The fraction of sp³-hybridized carbons (Fsp3) is 0.167. The van der Waals surface area contributed by atoms with Gasteiger partial charge in [0.15, 0.2) is 5.58 Å². The molecule has 0 saturated carbocycles. The van der Waals surface area contributed by atoms with Gasteiger partial charge >= 0.3 is 0 Å². The van der Waals surface area contributed by atoms with E-state index >= 15 is 0 Å². The molecule has 4 aromatic rings. The van der Waals surface area contributed by atoms with Gasteiger partial charge in [-0.1, -0.05) is 18.2 Å². The summed E-state index contributed by atoms with van der Waals surface area (Å²) in [5.41, 5.74) is 4.93. The van der Waals surface area contributed by atoms with Crippen LogP contribution >= 0.6 is 0 Å². The van der Waals surface area contributed by atoms with Crippen LogP contribution in [-0.2, 0) is 7.05 Å². The van der Waals surface area contributed by atoms with E-state index in [1.807, 2.05) is 31.3 Å². The van der Waals surface area contributed by atoms with Gasteiger partial charge < -0.3 is 13.7 Å². The van der Waals surface area contributed by atoms with E-state index in [1.54, 1.807) is 7.11 Å². The molecule has 2 aromatic carbocycles. The number of para-hydroxylation sites is 1. The Balaban J connectivity index is 1.99. The van der Waals surface area contributed by atoms with Gasteiger partial charge in [-0.25, -0.2) is 4.98 Å². The summed E-state index contributed by atoms with van der Waals surface area (Å²) in [7, 11) is 3.69. The highest BCUT2D eigenvalue weighted by molar-refractivity contribution is 5.91. The molecule has 2 aromatic heterocycles. The van der Waals surface area contributed by atoms with E-state index in [1.165, 1.54) is 16.5 Å². The number of hydrogen-bond donors (Lipinski definition) is 0. The van der Waals surface area contributed by atoms with Crippen molar-refractivity contribution in [2.75, 3.05) is 7.11 Å². The predicted molar refractivity (Wildman–Crippen MR) is 87.2 cm³/mol. The number of ether oxygens (including phenoxy) is 1. The number of fused-ring (bicyclic) bond motifs is 2. The molecular formula is C18H16N2O2. The van der Waals surface area contributed by atoms with Gasteiger partial charge in [-0.05, 0) is 30.7 Å². The molecule has 110 valence electrons. The number of aryl methyl sites for hydroxylation is 2. The van der Waals surface area contributed by atoms with Crippen molar-refractivity contribution in [3.63, 3.8) is 0 Å². The highest BCUT2D eigenvalue weighted by Crippen LogP contribution is 2.34. The summed E-state index contributed by atoms with van der Waals surface area (Å²) in [4.78, 5) is 4.63. The maximum Gasteiger partial charge on any atom is 0.244 e. The van der Waals surface area contributed by atoms with E-state index in [9.17, 15) is 0 Å². The van der Waals surface area contributed by atoms with Crippen molar-refractivity contribution in [1.82, 2.24) is 9.55 Å². The zero-order valence-electron chi connectivity index (χ0n) is 12.8. The lowest BCUT2D eigenvalue weighted by molar-refractivity contribution is 0.414. The molecule has 0 fully saturated rings. The van der Waals surface area contributed by atoms with Gasteiger partial charge in [-0.3, -0.25) is 0 Å². The second-order valence-electron chi connectivity index (χ2n) is 5.40. The molecular weight excluding hydrogens is 276 g/mol. The van der Waals surface area contributed by atoms with Crippen molar-refractivity contribution in [3.05, 3.63) is 48.0 Å². The molecule has 0 aliphatic heterocycles. The third kappa shape index (κ3) is 1.73. The summed E-state index contributed by atoms with van der Waals surface area (Å²) in [5.74, 6) is 1.41. The molecule has 2 heterocycles. The number of nitrogens with zero attached hydrogens (tertiary/aromatic N) is 2. The number of aromatic nitrogens is 2. The fourth-order valence-electron chi connectivity index (χ4n) is 3.02. The quantitative estimate of drug-likeness (QED) is 0.553. The zero-order chi connectivity index (χ0) is 15.3. The minimum absolute atomic E-state index is 0.638. The molecule has 0 spiro atoms. The van der Waals surface area contributed by atoms with Crippen LogP contribution in [0.15, 0.2) is 46.9 Å². The lowest BCUT2D eigenvalue weighted by Crippen LogP contribution is -1.92. The first kappa shape index (κ1) is 13.0. The smallest absolute Gasteiger partial charge is 0.244 e. The van der Waals surface area contributed by atoms with Crippen molar-refractivity contribution >= 4 is 22.0 Å². The molecule has 0 radical (unpaired) electrons. The molecule has 4 rings (SSSR count). The van der Waals surface area contributed by atoms with E-state index in [-0.39, 0.29) is 0 Å². The van der Waals surface area contributed by atoms with Crippen LogP contribution in [0.4, 0.5) is 0 Å². The van der Waals surface area contributed by atoms with Crippen LogP contribution in [0.2, 0.25) is 0 Å². The van der Waals surface area contributed by atoms with Crippen LogP contribution < -0.4 is 4.74 Å². The molecule has 0 atom stereocenters. The van der Waals surface area contributed by atoms with Crippen molar-refractivity contribution < 1.29 is 9.15 Å². The third-order valence-electron chi connectivity index (χ3n) is 4.16. The molecule has 0 aliphatic rings. The fourth-order valence-corrected chi connectivity index (χ4v) is 3.02. The van der Waals surface area contributed by atoms with Crippen LogP contribution in [0.3, 0.4) is 0 Å². The summed E-state index contributed by atoms with van der Waals surface area (Å²) in [6.07, 6.45) is 0. The molecule has 0 saturated heterocycles. The van der Waals surface area contributed by atoms with Crippen LogP contribution in [0.1, 0.15) is 5.56 Å². The Morgan fingerprint density at radius 3 is 2.73 bits per heavy atom. The highest BCUT2D eigenvalue weighted by Gasteiger charge is 2.18. The summed E-state index contributed by atoms with van der Waals surface area (Å²) < 4.78 is 13.3. The normalized spacial score (nSPS) is 11.4. The van der Waals surface area contributed by atoms with Crippen molar-refractivity contribution in [2.45, 2.75) is 6.92 Å². The van der Waals surface area contributed by atoms with Gasteiger partial charge in [0.2, 0.25) is 5.89 Å². The Hall–Kier alpha value is -2.75. The number of rotatable bonds is 2. The Morgan fingerprint density at radius 1 is 1.14 bits per heavy atom. The van der Waals surface area contributed by atoms with Gasteiger partial charge in [-0.2, -0.15) is 0 Å². The average molecular weight is 292 g/mol. The Kier molecular flexibility index (Phi) is 2.73. The Labute approximate surface area is 127 Å². The number of benzene rings is 2. The lowest BCUT2D eigenvalue weighted by atomic mass is 10.1. The summed E-state index contributed by atoms with van der Waals surface area (Å²) in [6, 6.07) is 14.0. The van der Waals surface area contributed by atoms with E-state index in [0.717, 1.165) is 22.5 Å². The van der Waals surface area contributed by atoms with Crippen molar-refractivity contribution in [3.8, 4) is 17.3 Å². The number of methoxy groups -OCH3 is 1. The lowest BCUT2D eigenvalue weighted by Gasteiger charge is -2.00. The topological polar surface area (TPSA) is 40.2 Å². The molecule has 4 heteroatoms. The summed E-state index contributed by atoms with van der Waals surface area (Å²) >= 11 is 0. The predicted octanol–water partition coefficient (Wildman–Crippen LogP) is 4.30. The molecule has 4 nitrogen and oxygen atoms in total. The SMILES string of the molecule is COc1ccc2nc(-c3c(C)c4ccccc4n3C)oc2c1. The van der Waals surface area contributed by atoms with Crippen molar-refractivity contribution in [1.29, 1.82) is 0 Å². The van der Waals surface area contributed by atoms with Crippen LogP contribution in [0.5, 0.6) is 5.75 Å². The van der Waals surface area contributed by atoms with Gasteiger partial charge in [0, 0.05) is 24.0 Å². The second kappa shape index (κ2) is 4.63. The van der Waals surface area contributed by atoms with Crippen LogP contribution in [0.25, 0.3) is 33.6 Å². The molecule has 0 bridgehead atoms. The molecule has 0 amide bonds. The van der Waals surface area contributed by atoms with Crippen LogP contribution in [0, 0.1) is 6.92 Å². The first-order chi connectivity index (χ1) is 10.7. The van der Waals surface area contributed by atoms with Gasteiger partial charge in [0.05, 0.1) is 7.11 Å². The maximum absolute atomic E-state index is 5.98. The number of oxazole rings is 1. The molecule has 0 aliphatic carbocycles. The van der Waals surface area contributed by atoms with Gasteiger partial charge in [0.1, 0.15) is 17.0 Å². The molecule has 22 heavy (non-hydrogen) atoms. The summed E-state index contributed by atoms with van der Waals surface area (Å²) in [6.45, 7) is 2.10. The minimum atomic E-state index is 0.638. The Bertz CT molecular complexity index is 956. The van der Waals surface area contributed by atoms with E-state index in [2.05, 4.69) is 34.7 Å². The van der Waals surface area contributed by atoms with Crippen molar-refractivity contribution in [2.24, 2.45) is 7.05 Å². The standard InChI is InChI=1S/C18H16N2O2/c1-11-13-6-4-5-7-15(13)20(2)17(11)18-19-14-9-8-12(21-3)10-16(14)22-18/h4-10H,1-3H3. The first-order valence-corrected chi connectivity index (χ1v) is 7.18. The molecule has 0 N–H and O–H groups in total. The molecule has 0 unspecified atom stereocenters. The first-order valence-electron chi connectivity index (χ1n) is 7.18. The Morgan fingerprint density at radius 2 is 1.95 bits per heavy atom. The summed E-state index contributed by atoms with van der Waals surface area (Å²) in [5, 5.41) is 1.22. The maximum atomic E-state index is 5.98. The zero-order valence-corrected chi connectivity index (χ0v) is 12.8. The van der Waals surface area contributed by atoms with Gasteiger partial charge in [-0.15, -0.1) is 0 Å². The van der Waals surface area contributed by atoms with Crippen LogP contribution in [-0.4, -0.2) is 16.7 Å². The van der Waals surface area contributed by atoms with Gasteiger partial charge in [0.25, 0.3) is 0 Å². The second-order valence-corrected chi connectivity index (χ2v) is 5.40.